The van der Waals surface area contributed by atoms with E-state index >= 15 is 0 Å². The molecule has 1 saturated carbocycles. The molecule has 2 aromatic heterocycles. The summed E-state index contributed by atoms with van der Waals surface area (Å²) < 4.78 is 15.2. The zero-order valence-electron chi connectivity index (χ0n) is 19.4. The normalized spacial score (nSPS) is 15.0. The van der Waals surface area contributed by atoms with E-state index in [4.69, 9.17) is 0 Å². The average Bonchev–Trinajstić information content (AvgIpc) is 3.18. The smallest absolute Gasteiger partial charge is 0.275 e. The van der Waals surface area contributed by atoms with E-state index in [9.17, 15) is 14.0 Å². The molecule has 0 saturated heterocycles. The lowest BCUT2D eigenvalue weighted by Gasteiger charge is -2.33. The molecule has 2 heterocycles. The van der Waals surface area contributed by atoms with Gasteiger partial charge in [-0.05, 0) is 37.5 Å². The molecule has 8 nitrogen and oxygen atoms in total. The maximum atomic E-state index is 13.8. The molecule has 9 heteroatoms. The highest BCUT2D eigenvalue weighted by Gasteiger charge is 2.36. The predicted molar refractivity (Wildman–Crippen MR) is 124 cm³/mol. The first kappa shape index (κ1) is 23.5. The molecule has 1 N–H and O–H groups in total. The third kappa shape index (κ3) is 5.47. The zero-order valence-corrected chi connectivity index (χ0v) is 19.4. The van der Waals surface area contributed by atoms with Crippen molar-refractivity contribution in [2.75, 3.05) is 0 Å². The van der Waals surface area contributed by atoms with E-state index in [1.54, 1.807) is 30.1 Å². The van der Waals surface area contributed by atoms with E-state index in [1.165, 1.54) is 42.0 Å². The Morgan fingerprint density at radius 1 is 1.18 bits per heavy atom. The lowest BCUT2D eigenvalue weighted by atomic mass is 9.94. The van der Waals surface area contributed by atoms with Gasteiger partial charge in [-0.3, -0.25) is 19.3 Å². The van der Waals surface area contributed by atoms with Crippen LogP contribution in [0.25, 0.3) is 0 Å². The van der Waals surface area contributed by atoms with Crippen molar-refractivity contribution >= 4 is 11.8 Å². The number of aromatic nitrogens is 4. The van der Waals surface area contributed by atoms with Gasteiger partial charge >= 0.3 is 0 Å². The van der Waals surface area contributed by atoms with Crippen molar-refractivity contribution in [3.63, 3.8) is 0 Å². The van der Waals surface area contributed by atoms with Crippen LogP contribution < -0.4 is 5.32 Å². The summed E-state index contributed by atoms with van der Waals surface area (Å²) in [5, 5.41) is 7.59. The van der Waals surface area contributed by atoms with Crippen LogP contribution in [0.1, 0.15) is 65.5 Å². The molecule has 178 valence electrons. The first-order valence-corrected chi connectivity index (χ1v) is 11.5. The van der Waals surface area contributed by atoms with E-state index in [0.717, 1.165) is 25.7 Å². The van der Waals surface area contributed by atoms with Crippen LogP contribution >= 0.6 is 0 Å². The number of rotatable bonds is 7. The Hall–Kier alpha value is -3.62. The second kappa shape index (κ2) is 10.5. The second-order valence-corrected chi connectivity index (χ2v) is 8.74. The lowest BCUT2D eigenvalue weighted by molar-refractivity contribution is -0.127. The first-order valence-electron chi connectivity index (χ1n) is 11.5. The summed E-state index contributed by atoms with van der Waals surface area (Å²) in [5.74, 6) is -1.07. The number of amides is 2. The summed E-state index contributed by atoms with van der Waals surface area (Å²) in [7, 11) is 1.78. The molecule has 34 heavy (non-hydrogen) atoms. The second-order valence-electron chi connectivity index (χ2n) is 8.74. The SMILES string of the molecule is Cc1nn(C)cc1[C@@H](C(=O)NC1CCCCC1)N(Cc1ccc(F)cc1)C(=O)c1cnccn1. The van der Waals surface area contributed by atoms with Crippen LogP contribution in [-0.4, -0.2) is 42.5 Å². The number of benzene rings is 1. The van der Waals surface area contributed by atoms with Crippen molar-refractivity contribution in [2.24, 2.45) is 7.05 Å². The highest BCUT2D eigenvalue weighted by Crippen LogP contribution is 2.28. The maximum Gasteiger partial charge on any atom is 0.275 e. The molecule has 0 aliphatic heterocycles. The van der Waals surface area contributed by atoms with Crippen LogP contribution in [0, 0.1) is 12.7 Å². The van der Waals surface area contributed by atoms with Gasteiger partial charge < -0.3 is 10.2 Å². The van der Waals surface area contributed by atoms with E-state index in [2.05, 4.69) is 20.4 Å². The number of halogens is 1. The monoisotopic (exact) mass is 464 g/mol. The van der Waals surface area contributed by atoms with Crippen LogP contribution in [0.15, 0.2) is 49.1 Å². The van der Waals surface area contributed by atoms with Gasteiger partial charge in [-0.1, -0.05) is 31.4 Å². The molecule has 0 spiro atoms. The fourth-order valence-corrected chi connectivity index (χ4v) is 4.49. The van der Waals surface area contributed by atoms with Crippen LogP contribution in [-0.2, 0) is 18.4 Å². The van der Waals surface area contributed by atoms with Gasteiger partial charge in [-0.2, -0.15) is 5.10 Å². The fraction of sp³-hybridized carbons (Fsp3) is 0.400. The third-order valence-electron chi connectivity index (χ3n) is 6.17. The topological polar surface area (TPSA) is 93.0 Å². The maximum absolute atomic E-state index is 13.8. The average molecular weight is 465 g/mol. The highest BCUT2D eigenvalue weighted by atomic mass is 19.1. The standard InChI is InChI=1S/C25H29FN6O2/c1-17-21(16-31(2)30-17)23(24(33)29-20-6-4-3-5-7-20)32(15-18-8-10-19(26)11-9-18)25(34)22-14-27-12-13-28-22/h8-14,16,20,23H,3-7,15H2,1-2H3,(H,29,33)/t23-/m0/s1. The van der Waals surface area contributed by atoms with Crippen molar-refractivity contribution in [3.8, 4) is 0 Å². The fourth-order valence-electron chi connectivity index (χ4n) is 4.49. The summed E-state index contributed by atoms with van der Waals surface area (Å²) in [5.41, 5.74) is 2.11. The molecule has 0 bridgehead atoms. The number of aryl methyl sites for hydroxylation is 2. The van der Waals surface area contributed by atoms with Gasteiger partial charge in [0.2, 0.25) is 5.91 Å². The van der Waals surface area contributed by atoms with E-state index in [1.807, 2.05) is 6.92 Å². The summed E-state index contributed by atoms with van der Waals surface area (Å²) in [4.78, 5) is 37.1. The molecular formula is C25H29FN6O2. The van der Waals surface area contributed by atoms with Gasteiger partial charge in [-0.15, -0.1) is 0 Å². The van der Waals surface area contributed by atoms with Crippen molar-refractivity contribution < 1.29 is 14.0 Å². The van der Waals surface area contributed by atoms with E-state index in [0.29, 0.717) is 16.8 Å². The molecule has 1 aliphatic carbocycles. The Balaban J connectivity index is 1.75. The van der Waals surface area contributed by atoms with Gasteiger partial charge in [0.15, 0.2) is 0 Å². The predicted octanol–water partition coefficient (Wildman–Crippen LogP) is 3.49. The lowest BCUT2D eigenvalue weighted by Crippen LogP contribution is -2.47. The number of nitrogens with zero attached hydrogens (tertiary/aromatic N) is 5. The molecule has 4 rings (SSSR count). The molecule has 0 unspecified atom stereocenters. The third-order valence-corrected chi connectivity index (χ3v) is 6.17. The molecule has 1 fully saturated rings. The first-order chi connectivity index (χ1) is 16.4. The van der Waals surface area contributed by atoms with Crippen LogP contribution in [0.3, 0.4) is 0 Å². The van der Waals surface area contributed by atoms with Crippen molar-refractivity contribution in [1.29, 1.82) is 0 Å². The van der Waals surface area contributed by atoms with Gasteiger partial charge in [-0.25, -0.2) is 9.37 Å². The van der Waals surface area contributed by atoms with Gasteiger partial charge in [0.05, 0.1) is 11.9 Å². The minimum absolute atomic E-state index is 0.0695. The molecule has 1 aromatic carbocycles. The van der Waals surface area contributed by atoms with Crippen molar-refractivity contribution in [1.82, 2.24) is 30.0 Å². The minimum Gasteiger partial charge on any atom is -0.351 e. The minimum atomic E-state index is -0.935. The summed E-state index contributed by atoms with van der Waals surface area (Å²) in [6, 6.07) is 5.03. The Morgan fingerprint density at radius 3 is 2.53 bits per heavy atom. The Labute approximate surface area is 198 Å². The molecule has 3 aromatic rings. The van der Waals surface area contributed by atoms with Crippen LogP contribution in [0.5, 0.6) is 0 Å². The largest absolute Gasteiger partial charge is 0.351 e. The number of hydrogen-bond acceptors (Lipinski definition) is 5. The molecule has 1 aliphatic rings. The quantitative estimate of drug-likeness (QED) is 0.578. The van der Waals surface area contributed by atoms with Crippen molar-refractivity contribution in [3.05, 3.63) is 77.4 Å². The summed E-state index contributed by atoms with van der Waals surface area (Å²) in [6.07, 6.45) is 11.2. The Bertz CT molecular complexity index is 1130. The number of hydrogen-bond donors (Lipinski definition) is 1. The molecule has 0 radical (unpaired) electrons. The summed E-state index contributed by atoms with van der Waals surface area (Å²) in [6.45, 7) is 1.91. The van der Waals surface area contributed by atoms with Crippen LogP contribution in [0.4, 0.5) is 4.39 Å². The molecule has 2 amide bonds. The molecular weight excluding hydrogens is 435 g/mol. The molecule has 1 atom stereocenters. The Morgan fingerprint density at radius 2 is 1.91 bits per heavy atom. The number of carbonyl (C=O) groups is 2. The van der Waals surface area contributed by atoms with Gasteiger partial charge in [0, 0.05) is 43.8 Å². The Kier molecular flexibility index (Phi) is 7.30. The number of carbonyl (C=O) groups excluding carboxylic acids is 2. The highest BCUT2D eigenvalue weighted by molar-refractivity contribution is 5.96. The van der Waals surface area contributed by atoms with Gasteiger partial charge in [0.25, 0.3) is 5.91 Å². The van der Waals surface area contributed by atoms with Crippen molar-refractivity contribution in [2.45, 2.75) is 57.7 Å². The summed E-state index contributed by atoms with van der Waals surface area (Å²) >= 11 is 0. The van der Waals surface area contributed by atoms with E-state index < -0.39 is 11.9 Å². The number of nitrogens with one attached hydrogen (secondary N) is 1. The van der Waals surface area contributed by atoms with E-state index in [-0.39, 0.29) is 30.0 Å². The zero-order chi connectivity index (χ0) is 24.1. The van der Waals surface area contributed by atoms with Gasteiger partial charge in [0.1, 0.15) is 17.6 Å². The van der Waals surface area contributed by atoms with Crippen LogP contribution in [0.2, 0.25) is 0 Å².